The summed E-state index contributed by atoms with van der Waals surface area (Å²) in [5, 5.41) is 17.1. The van der Waals surface area contributed by atoms with Crippen LogP contribution in [0.3, 0.4) is 0 Å². The zero-order valence-corrected chi connectivity index (χ0v) is 66.0. The van der Waals surface area contributed by atoms with E-state index < -0.39 is 17.6 Å². The number of amides is 4. The molecule has 1 aliphatic rings. The highest BCUT2D eigenvalue weighted by molar-refractivity contribution is 5.96. The number of nitrogens with zero attached hydrogens (tertiary/aromatic N) is 4. The molecule has 7 atom stereocenters. The highest BCUT2D eigenvalue weighted by atomic mass is 19.1. The average molecular weight is 1460 g/mol. The Morgan fingerprint density at radius 2 is 0.905 bits per heavy atom. The topological polar surface area (TPSA) is 309 Å². The van der Waals surface area contributed by atoms with Crippen molar-refractivity contribution in [1.29, 1.82) is 0 Å². The molecule has 13 N–H and O–H groups in total. The second-order valence-corrected chi connectivity index (χ2v) is 34.3. The number of rotatable bonds is 15. The lowest BCUT2D eigenvalue weighted by Gasteiger charge is -2.32. The molecular weight excluding hydrogens is 1350 g/mol. The van der Waals surface area contributed by atoms with Crippen LogP contribution >= 0.6 is 0 Å². The molecule has 5 aromatic carbocycles. The Morgan fingerprint density at radius 3 is 1.30 bits per heavy atom. The van der Waals surface area contributed by atoms with Gasteiger partial charge in [0.2, 0.25) is 24.1 Å². The zero-order chi connectivity index (χ0) is 79.8. The highest BCUT2D eigenvalue weighted by Gasteiger charge is 2.36. The summed E-state index contributed by atoms with van der Waals surface area (Å²) in [4.78, 5) is 83.2. The largest absolute Gasteiger partial charge is 0.481 e. The number of benzene rings is 5. The van der Waals surface area contributed by atoms with Gasteiger partial charge in [-0.25, -0.2) is 36.9 Å². The van der Waals surface area contributed by atoms with E-state index in [0.717, 1.165) is 48.0 Å². The van der Waals surface area contributed by atoms with Gasteiger partial charge in [0, 0.05) is 31.3 Å². The molecule has 24 heteroatoms. The van der Waals surface area contributed by atoms with Crippen LogP contribution < -0.4 is 33.2 Å². The van der Waals surface area contributed by atoms with Crippen LogP contribution in [-0.4, -0.2) is 83.6 Å². The maximum atomic E-state index is 13.6. The number of H-pyrrole nitrogens is 3. The summed E-state index contributed by atoms with van der Waals surface area (Å²) in [6.45, 7) is 44.4. The fraction of sp³-hybridized carbons (Fsp3) is 0.531. The number of fused-ring (bicyclic) bond motifs is 3. The third kappa shape index (κ3) is 27.5. The molecule has 0 unspecified atom stereocenters. The molecule has 4 amide bonds. The molecule has 0 radical (unpaired) electrons. The Labute approximate surface area is 617 Å². The zero-order valence-electron chi connectivity index (χ0n) is 66.0. The van der Waals surface area contributed by atoms with Gasteiger partial charge in [0.25, 0.3) is 0 Å². The molecule has 105 heavy (non-hydrogen) atoms. The summed E-state index contributed by atoms with van der Waals surface area (Å²) in [5.74, 6) is -0.533. The Balaban J connectivity index is 0.000000276. The Bertz CT molecular complexity index is 4080. The fourth-order valence-corrected chi connectivity index (χ4v) is 10.5. The first-order valence-electron chi connectivity index (χ1n) is 35.8. The summed E-state index contributed by atoms with van der Waals surface area (Å²) in [6, 6.07) is 20.8. The third-order valence-electron chi connectivity index (χ3n) is 19.5. The minimum Gasteiger partial charge on any atom is -0.481 e. The van der Waals surface area contributed by atoms with Crippen LogP contribution in [0.2, 0.25) is 0 Å². The van der Waals surface area contributed by atoms with Gasteiger partial charge < -0.3 is 58.1 Å². The number of aliphatic carboxylic acids is 1. The van der Waals surface area contributed by atoms with Crippen molar-refractivity contribution in [1.82, 2.24) is 40.1 Å². The van der Waals surface area contributed by atoms with Gasteiger partial charge in [-0.3, -0.25) is 24.0 Å². The number of hydrogen-bond donors (Lipinski definition) is 10. The number of nitrogen functional groups attached to an aromatic ring is 2. The maximum Gasteiger partial charge on any atom is 0.306 e. The van der Waals surface area contributed by atoms with Crippen LogP contribution in [0.1, 0.15) is 220 Å². The maximum absolute atomic E-state index is 13.6. The molecule has 1 saturated carbocycles. The SMILES string of the molecule is CC(C)(C)[C@H](N)c1nc2ccc(F)cc2[nH]1.CN(C=O)C[C@@H](CC1CCCC1)C(=O)N[C@H](c1nc2ccc(F)cc2[nH]1)C(C)(C)C.C[C@H](C(=O)Nc1cc(F)ccc1N)C(C)(C)C.C[C@H](C(=O)Nc1ccc(F)cc1N)C(C)(C)C.C[C@H](C(=O)O)C(C)(C)C.C[C@H](c1nc2ccc(F)cc2[nH]1)C(C)(C)C. The summed E-state index contributed by atoms with van der Waals surface area (Å²) >= 11 is 0. The molecular formula is C81H118F5N13O6. The molecule has 19 nitrogen and oxygen atoms in total. The van der Waals surface area contributed by atoms with Crippen LogP contribution in [0.15, 0.2) is 91.0 Å². The van der Waals surface area contributed by atoms with Crippen molar-refractivity contribution < 1.29 is 51.0 Å². The molecule has 0 saturated heterocycles. The van der Waals surface area contributed by atoms with Crippen molar-refractivity contribution in [3.63, 3.8) is 0 Å². The standard InChI is InChI=1S/C23H33FN4O2.2C13H19FN2O.C13H17FN2.C12H16FN3.C7H14O2/c1-23(2,3)20(21-25-18-10-9-17(24)12-19(18)26-21)27-22(30)16(13-28(4)14-29)11-15-7-5-6-8-15;1-8(13(2,3)4)12(17)16-11-6-5-9(14)7-10(11)15;1-8(13(2,3)4)12(17)16-11-7-9(14)5-6-10(11)15;1-8(13(2,3)4)12-15-10-6-5-9(14)7-11(10)16-12;1-12(2,3)10(14)11-15-8-5-4-7(13)6-9(8)16-11;1-5(6(8)9)7(2,3)4/h9-10,12,14-16,20H,5-8,11,13H2,1-4H3,(H,25,26)(H,27,30);2*5-8H,15H2,1-4H3,(H,16,17);5-8H,1-4H3,(H,15,16);4-6,10H,14H2,1-3H3,(H,15,16);5H,1-4H3,(H,8,9)/t16-,20-;3*8-;10-;5-/m111111/s1. The van der Waals surface area contributed by atoms with Gasteiger partial charge in [0.15, 0.2) is 0 Å². The molecule has 1 fully saturated rings. The number of anilines is 4. The summed E-state index contributed by atoms with van der Waals surface area (Å²) in [7, 11) is 1.71. The van der Waals surface area contributed by atoms with Gasteiger partial charge in [0.05, 0.1) is 79.8 Å². The normalized spacial score (nSPS) is 14.8. The van der Waals surface area contributed by atoms with Crippen molar-refractivity contribution in [2.75, 3.05) is 35.7 Å². The molecule has 578 valence electrons. The molecule has 0 aliphatic heterocycles. The minimum absolute atomic E-state index is 0.0674. The quantitative estimate of drug-likeness (QED) is 0.0260. The lowest BCUT2D eigenvalue weighted by Crippen LogP contribution is -2.43. The van der Waals surface area contributed by atoms with E-state index in [2.05, 4.69) is 73.5 Å². The van der Waals surface area contributed by atoms with Crippen molar-refractivity contribution in [3.05, 3.63) is 138 Å². The number of carboxylic acid groups (broad SMARTS) is 1. The van der Waals surface area contributed by atoms with Crippen LogP contribution in [0.4, 0.5) is 44.7 Å². The lowest BCUT2D eigenvalue weighted by molar-refractivity contribution is -0.144. The summed E-state index contributed by atoms with van der Waals surface area (Å²) < 4.78 is 65.5. The van der Waals surface area contributed by atoms with Crippen LogP contribution in [-0.2, 0) is 24.0 Å². The van der Waals surface area contributed by atoms with Crippen LogP contribution in [0, 0.1) is 91.2 Å². The number of aromatic nitrogens is 6. The highest BCUT2D eigenvalue weighted by Crippen LogP contribution is 2.38. The van der Waals surface area contributed by atoms with Crippen molar-refractivity contribution in [2.45, 2.75) is 202 Å². The van der Waals surface area contributed by atoms with E-state index in [9.17, 15) is 45.9 Å². The van der Waals surface area contributed by atoms with E-state index in [1.807, 2.05) is 118 Å². The number of carbonyl (C=O) groups is 5. The Kier molecular flexibility index (Phi) is 31.1. The number of nitrogens with one attached hydrogen (secondary N) is 6. The third-order valence-corrected chi connectivity index (χ3v) is 19.5. The van der Waals surface area contributed by atoms with Crippen LogP contribution in [0.25, 0.3) is 33.1 Å². The second-order valence-electron chi connectivity index (χ2n) is 34.3. The Hall–Kier alpha value is -8.93. The second kappa shape index (κ2) is 36.9. The van der Waals surface area contributed by atoms with Gasteiger partial charge in [0.1, 0.15) is 46.6 Å². The van der Waals surface area contributed by atoms with E-state index >= 15 is 0 Å². The Morgan fingerprint density at radius 1 is 0.514 bits per heavy atom. The van der Waals surface area contributed by atoms with Crippen molar-refractivity contribution in [2.24, 2.45) is 67.8 Å². The van der Waals surface area contributed by atoms with Gasteiger partial charge in [-0.15, -0.1) is 0 Å². The number of aromatic amines is 3. The van der Waals surface area contributed by atoms with Crippen molar-refractivity contribution in [3.8, 4) is 0 Å². The minimum atomic E-state index is -0.720. The lowest BCUT2D eigenvalue weighted by atomic mass is 9.81. The number of hydrogen-bond acceptors (Lipinski definition) is 11. The predicted octanol–water partition coefficient (Wildman–Crippen LogP) is 18.6. The first-order valence-corrected chi connectivity index (χ1v) is 35.8. The molecule has 8 aromatic rings. The van der Waals surface area contributed by atoms with Crippen molar-refractivity contribution >= 4 is 86.0 Å². The predicted molar refractivity (Wildman–Crippen MR) is 414 cm³/mol. The monoisotopic (exact) mass is 1460 g/mol. The smallest absolute Gasteiger partial charge is 0.306 e. The molecule has 3 aromatic heterocycles. The van der Waals surface area contributed by atoms with Gasteiger partial charge >= 0.3 is 5.97 Å². The summed E-state index contributed by atoms with van der Waals surface area (Å²) in [6.07, 6.45) is 6.26. The van der Waals surface area contributed by atoms with Crippen LogP contribution in [0.5, 0.6) is 0 Å². The number of halogens is 5. The molecule has 9 rings (SSSR count). The molecule has 3 heterocycles. The van der Waals surface area contributed by atoms with E-state index in [0.29, 0.717) is 63.6 Å². The number of imidazole rings is 3. The van der Waals surface area contributed by atoms with E-state index in [-0.39, 0.29) is 109 Å². The number of carboxylic acids is 1. The van der Waals surface area contributed by atoms with Gasteiger partial charge in [-0.2, -0.15) is 0 Å². The van der Waals surface area contributed by atoms with E-state index in [1.54, 1.807) is 32.2 Å². The number of carbonyl (C=O) groups excluding carboxylic acids is 4. The average Bonchev–Trinajstić information content (AvgIpc) is 1.69. The van der Waals surface area contributed by atoms with Gasteiger partial charge in [-0.05, 0) is 136 Å². The molecule has 0 spiro atoms. The first kappa shape index (κ1) is 88.5. The molecule has 1 aliphatic carbocycles. The fourth-order valence-electron chi connectivity index (χ4n) is 10.5. The number of nitrogens with two attached hydrogens (primary N) is 3. The first-order chi connectivity index (χ1) is 48.2. The summed E-state index contributed by atoms with van der Waals surface area (Å²) in [5.41, 5.74) is 22.4. The van der Waals surface area contributed by atoms with Gasteiger partial charge in [-0.1, -0.05) is 178 Å². The van der Waals surface area contributed by atoms with E-state index in [4.69, 9.17) is 22.3 Å². The molecule has 0 bridgehead atoms. The van der Waals surface area contributed by atoms with E-state index in [1.165, 1.54) is 90.5 Å².